The van der Waals surface area contributed by atoms with Crippen LogP contribution in [0, 0.1) is 0 Å². The number of aliphatic hydroxyl groups is 2. The molecule has 0 spiro atoms. The number of aromatic nitrogens is 2. The molecule has 1 aromatic rings. The number of aliphatic hydroxyl groups excluding tert-OH is 2. The van der Waals surface area contributed by atoms with E-state index < -0.39 is 83.7 Å². The molecule has 3 unspecified atom stereocenters. The maximum atomic E-state index is 12.8. The summed E-state index contributed by atoms with van der Waals surface area (Å²) < 4.78 is 56.7. The second kappa shape index (κ2) is 35.6. The SMILES string of the molecule is CCCCCC/C=C\CCCCCCCCCC(=O)O[C@H](COC(=O)CCCCCCCCCCCCCCC)COP(=O)(O)OP(=O)(O)OC[C@H]1O[C@@H](n2ccc(N)nc2=O)C(O)[C@H]1O. The third kappa shape index (κ3) is 28.1. The third-order valence-corrected chi connectivity index (χ3v) is 14.0. The van der Waals surface area contributed by atoms with E-state index in [1.54, 1.807) is 0 Å². The number of ether oxygens (including phenoxy) is 3. The monoisotopic (exact) mass is 980 g/mol. The predicted octanol–water partition coefficient (Wildman–Crippen LogP) is 9.67. The van der Waals surface area contributed by atoms with Crippen molar-refractivity contribution in [3.8, 4) is 0 Å². The first-order chi connectivity index (χ1) is 31.7. The molecule has 0 aliphatic carbocycles. The minimum Gasteiger partial charge on any atom is -0.462 e. The van der Waals surface area contributed by atoms with Crippen LogP contribution in [-0.2, 0) is 46.3 Å². The minimum atomic E-state index is -5.42. The normalized spacial score (nSPS) is 19.7. The Hall–Kier alpha value is -2.50. The van der Waals surface area contributed by atoms with Crippen LogP contribution in [0.3, 0.4) is 0 Å². The predicted molar refractivity (Wildman–Crippen MR) is 252 cm³/mol. The summed E-state index contributed by atoms with van der Waals surface area (Å²) in [5, 5.41) is 20.9. The summed E-state index contributed by atoms with van der Waals surface area (Å²) in [6.45, 7) is 2.15. The van der Waals surface area contributed by atoms with Crippen molar-refractivity contribution in [1.82, 2.24) is 9.55 Å². The van der Waals surface area contributed by atoms with Crippen LogP contribution in [0.5, 0.6) is 0 Å². The molecular weight excluding hydrogens is 896 g/mol. The van der Waals surface area contributed by atoms with Crippen molar-refractivity contribution in [3.63, 3.8) is 0 Å². The first-order valence-electron chi connectivity index (χ1n) is 24.7. The lowest BCUT2D eigenvalue weighted by molar-refractivity contribution is -0.161. The molecule has 1 fully saturated rings. The number of hydrogen-bond acceptors (Lipinski definition) is 15. The van der Waals surface area contributed by atoms with Crippen molar-refractivity contribution in [2.75, 3.05) is 25.6 Å². The molecule has 1 saturated heterocycles. The number of hydrogen-bond donors (Lipinski definition) is 5. The van der Waals surface area contributed by atoms with Gasteiger partial charge in [0.2, 0.25) is 0 Å². The second-order valence-electron chi connectivity index (χ2n) is 17.3. The largest absolute Gasteiger partial charge is 0.481 e. The van der Waals surface area contributed by atoms with Gasteiger partial charge in [0.1, 0.15) is 30.7 Å². The lowest BCUT2D eigenvalue weighted by atomic mass is 10.0. The number of nitrogen functional groups attached to an aromatic ring is 1. The van der Waals surface area contributed by atoms with Gasteiger partial charge in [0.15, 0.2) is 12.3 Å². The molecule has 0 bridgehead atoms. The van der Waals surface area contributed by atoms with Crippen molar-refractivity contribution < 1.29 is 66.3 Å². The number of phosphoric acid groups is 2. The van der Waals surface area contributed by atoms with Crippen molar-refractivity contribution in [2.24, 2.45) is 0 Å². The van der Waals surface area contributed by atoms with Crippen molar-refractivity contribution in [3.05, 3.63) is 34.9 Å². The summed E-state index contributed by atoms with van der Waals surface area (Å²) in [6, 6.07) is 1.25. The maximum absolute atomic E-state index is 12.8. The van der Waals surface area contributed by atoms with Gasteiger partial charge in [0.25, 0.3) is 0 Å². The Morgan fingerprint density at radius 1 is 0.712 bits per heavy atom. The first-order valence-corrected chi connectivity index (χ1v) is 27.7. The fraction of sp³-hybridized carbons (Fsp3) is 0.826. The summed E-state index contributed by atoms with van der Waals surface area (Å²) in [5.74, 6) is -1.29. The molecule has 7 atom stereocenters. The van der Waals surface area contributed by atoms with Crippen LogP contribution in [0.25, 0.3) is 0 Å². The zero-order valence-corrected chi connectivity index (χ0v) is 41.6. The van der Waals surface area contributed by atoms with Gasteiger partial charge in [0.05, 0.1) is 13.2 Å². The maximum Gasteiger partial charge on any atom is 0.481 e. The number of nitrogens with zero attached hydrogens (tertiary/aromatic N) is 2. The molecule has 66 heavy (non-hydrogen) atoms. The molecule has 1 aliphatic heterocycles. The molecule has 382 valence electrons. The van der Waals surface area contributed by atoms with Crippen molar-refractivity contribution in [1.29, 1.82) is 0 Å². The molecule has 0 radical (unpaired) electrons. The molecule has 2 rings (SSSR count). The number of unbranched alkanes of at least 4 members (excludes halogenated alkanes) is 23. The summed E-state index contributed by atoms with van der Waals surface area (Å²) in [4.78, 5) is 61.8. The van der Waals surface area contributed by atoms with Gasteiger partial charge in [0, 0.05) is 19.0 Å². The second-order valence-corrected chi connectivity index (χ2v) is 20.4. The number of phosphoric ester groups is 2. The number of esters is 2. The van der Waals surface area contributed by atoms with E-state index in [2.05, 4.69) is 35.3 Å². The summed E-state index contributed by atoms with van der Waals surface area (Å²) in [6.07, 6.45) is 27.2. The number of carbonyl (C=O) groups excluding carboxylic acids is 2. The van der Waals surface area contributed by atoms with E-state index in [-0.39, 0.29) is 18.7 Å². The van der Waals surface area contributed by atoms with Crippen LogP contribution in [0.2, 0.25) is 0 Å². The lowest BCUT2D eigenvalue weighted by Crippen LogP contribution is -2.36. The van der Waals surface area contributed by atoms with Gasteiger partial charge in [-0.2, -0.15) is 9.29 Å². The zero-order valence-electron chi connectivity index (χ0n) is 39.8. The fourth-order valence-corrected chi connectivity index (χ4v) is 9.60. The van der Waals surface area contributed by atoms with E-state index in [0.29, 0.717) is 12.8 Å². The van der Waals surface area contributed by atoms with Crippen LogP contribution in [0.1, 0.15) is 200 Å². The molecule has 6 N–H and O–H groups in total. The highest BCUT2D eigenvalue weighted by Gasteiger charge is 2.46. The summed E-state index contributed by atoms with van der Waals surface area (Å²) in [5.41, 5.74) is 4.59. The van der Waals surface area contributed by atoms with E-state index >= 15 is 0 Å². The Labute approximate surface area is 392 Å². The van der Waals surface area contributed by atoms with E-state index in [9.17, 15) is 43.5 Å². The molecule has 0 aromatic carbocycles. The van der Waals surface area contributed by atoms with Crippen LogP contribution in [0.15, 0.2) is 29.2 Å². The van der Waals surface area contributed by atoms with Gasteiger partial charge in [-0.05, 0) is 44.6 Å². The molecule has 20 heteroatoms. The van der Waals surface area contributed by atoms with E-state index in [1.165, 1.54) is 89.3 Å². The highest BCUT2D eigenvalue weighted by Crippen LogP contribution is 2.60. The van der Waals surface area contributed by atoms with Gasteiger partial charge in [-0.1, -0.05) is 154 Å². The van der Waals surface area contributed by atoms with Crippen LogP contribution in [-0.4, -0.2) is 85.7 Å². The van der Waals surface area contributed by atoms with Crippen LogP contribution in [0.4, 0.5) is 5.82 Å². The van der Waals surface area contributed by atoms with Gasteiger partial charge in [-0.25, -0.2) is 13.9 Å². The molecule has 1 aliphatic rings. The number of rotatable bonds is 41. The Balaban J connectivity index is 1.81. The minimum absolute atomic E-state index is 0.0492. The average molecular weight is 980 g/mol. The number of allylic oxidation sites excluding steroid dienone is 2. The molecule has 0 amide bonds. The molecular formula is C46H83N3O15P2. The van der Waals surface area contributed by atoms with Crippen LogP contribution < -0.4 is 11.4 Å². The Morgan fingerprint density at radius 2 is 1.18 bits per heavy atom. The average Bonchev–Trinajstić information content (AvgIpc) is 3.55. The Morgan fingerprint density at radius 3 is 1.71 bits per heavy atom. The smallest absolute Gasteiger partial charge is 0.462 e. The van der Waals surface area contributed by atoms with E-state index in [1.807, 2.05) is 0 Å². The van der Waals surface area contributed by atoms with Gasteiger partial charge < -0.3 is 39.9 Å². The standard InChI is InChI=1S/C46H83N3O15P2/c1-3-5-7-9-11-13-15-17-18-20-22-24-26-28-30-32-42(51)62-38(35-59-41(50)31-29-27-25-23-21-19-16-14-12-10-8-6-4-2)36-60-65(55,56)64-66(57,58)61-37-39-43(52)44(53)45(63-39)49-34-33-40(47)48-46(49)54/h13,15,33-34,38-39,43-45,52-53H,3-12,14,16-32,35-37H2,1-2H3,(H,55,56)(H,57,58)(H2,47,48,54)/b15-13-/t38-,39-,43+,44?,45-/m1/s1. The Kier molecular flexibility index (Phi) is 32.2. The summed E-state index contributed by atoms with van der Waals surface area (Å²) in [7, 11) is -10.8. The Bertz CT molecular complexity index is 1650. The van der Waals surface area contributed by atoms with Crippen LogP contribution >= 0.6 is 15.6 Å². The van der Waals surface area contributed by atoms with Gasteiger partial charge >= 0.3 is 33.3 Å². The lowest BCUT2D eigenvalue weighted by Gasteiger charge is -2.21. The molecule has 2 heterocycles. The first kappa shape index (κ1) is 59.6. The zero-order chi connectivity index (χ0) is 48.5. The number of anilines is 1. The third-order valence-electron chi connectivity index (χ3n) is 11.4. The fourth-order valence-electron chi connectivity index (χ4n) is 7.48. The summed E-state index contributed by atoms with van der Waals surface area (Å²) >= 11 is 0. The van der Waals surface area contributed by atoms with E-state index in [0.717, 1.165) is 81.6 Å². The topological polar surface area (TPSA) is 265 Å². The highest BCUT2D eigenvalue weighted by molar-refractivity contribution is 7.61. The molecule has 18 nitrogen and oxygen atoms in total. The highest BCUT2D eigenvalue weighted by atomic mass is 31.3. The van der Waals surface area contributed by atoms with Crippen molar-refractivity contribution >= 4 is 33.4 Å². The van der Waals surface area contributed by atoms with Gasteiger partial charge in [-0.15, -0.1) is 0 Å². The van der Waals surface area contributed by atoms with Gasteiger partial charge in [-0.3, -0.25) is 23.2 Å². The van der Waals surface area contributed by atoms with Crippen molar-refractivity contribution in [2.45, 2.75) is 224 Å². The number of carbonyl (C=O) groups is 2. The van der Waals surface area contributed by atoms with E-state index in [4.69, 9.17) is 29.0 Å². The number of nitrogens with two attached hydrogens (primary N) is 1. The quantitative estimate of drug-likeness (QED) is 0.0177. The molecule has 1 aromatic heterocycles. The molecule has 0 saturated carbocycles.